The molecule has 0 atom stereocenters. The topological polar surface area (TPSA) is 156 Å². The Morgan fingerprint density at radius 3 is 0.846 bits per heavy atom. The molecule has 0 aromatic carbocycles. The summed E-state index contributed by atoms with van der Waals surface area (Å²) < 4.78 is 0. The molecule has 152 valence electrons. The lowest BCUT2D eigenvalue weighted by molar-refractivity contribution is -0.153. The molecule has 0 aromatic rings. The summed E-state index contributed by atoms with van der Waals surface area (Å²) in [5.74, 6) is -4.48. The lowest BCUT2D eigenvalue weighted by Gasteiger charge is -2.11. The fraction of sp³-hybridized carbons (Fsp3) is 0.667. The first-order valence-electron chi connectivity index (χ1n) is 8.37. The van der Waals surface area contributed by atoms with Crippen LogP contribution >= 0.6 is 0 Å². The summed E-state index contributed by atoms with van der Waals surface area (Å²) >= 11 is 0. The quantitative estimate of drug-likeness (QED) is 0.315. The third kappa shape index (κ3) is 17.1. The number of aliphatic hydroxyl groups is 4. The number of carboxylic acids is 2. The molecule has 2 aliphatic carbocycles. The van der Waals surface area contributed by atoms with E-state index in [1.807, 2.05) is 0 Å². The summed E-state index contributed by atoms with van der Waals surface area (Å²) in [7, 11) is 0. The highest BCUT2D eigenvalue weighted by atomic mass is 16.5. The molecule has 6 N–H and O–H groups in total. The first kappa shape index (κ1) is 26.5. The van der Waals surface area contributed by atoms with Gasteiger partial charge in [0.15, 0.2) is 11.6 Å². The van der Waals surface area contributed by atoms with E-state index in [9.17, 15) is 9.59 Å². The second kappa shape index (κ2) is 12.6. The van der Waals surface area contributed by atoms with E-state index in [0.29, 0.717) is 25.7 Å². The minimum Gasteiger partial charge on any atom is -0.478 e. The van der Waals surface area contributed by atoms with Crippen LogP contribution in [0.15, 0.2) is 24.3 Å². The highest BCUT2D eigenvalue weighted by Gasteiger charge is 2.27. The van der Waals surface area contributed by atoms with Crippen LogP contribution in [0.4, 0.5) is 0 Å². The van der Waals surface area contributed by atoms with Crippen molar-refractivity contribution < 1.29 is 40.2 Å². The Kier molecular flexibility index (Phi) is 12.8. The van der Waals surface area contributed by atoms with Crippen molar-refractivity contribution in [3.05, 3.63) is 24.3 Å². The van der Waals surface area contributed by atoms with Crippen LogP contribution in [-0.2, 0) is 9.59 Å². The molecule has 0 radical (unpaired) electrons. The smallest absolute Gasteiger partial charge is 0.330 e. The summed E-state index contributed by atoms with van der Waals surface area (Å²) in [4.78, 5) is 19.2. The summed E-state index contributed by atoms with van der Waals surface area (Å²) in [6.07, 6.45) is 6.11. The van der Waals surface area contributed by atoms with E-state index in [0.717, 1.165) is 25.7 Å². The summed E-state index contributed by atoms with van der Waals surface area (Å²) in [5, 5.41) is 50.8. The molecule has 0 unspecified atom stereocenters. The number of carbonyl (C=O) groups is 2. The summed E-state index contributed by atoms with van der Waals surface area (Å²) in [6, 6.07) is 0. The molecule has 2 rings (SSSR count). The Labute approximate surface area is 154 Å². The van der Waals surface area contributed by atoms with Gasteiger partial charge in [-0.15, -0.1) is 0 Å². The minimum absolute atomic E-state index is 0.176. The molecule has 2 aliphatic rings. The molecule has 8 nitrogen and oxygen atoms in total. The Morgan fingerprint density at radius 1 is 0.654 bits per heavy atom. The standard InChI is InChI=1S/2C5H10O2.2C4H6O2/c2*6-5(7)3-1-2-4-5;2*1-3(2)4(5)6/h2*6-7H,1-4H2;2*1H2,2H3,(H,5,6). The number of carboxylic acid groups (broad SMARTS) is 2. The van der Waals surface area contributed by atoms with Gasteiger partial charge in [0, 0.05) is 36.8 Å². The van der Waals surface area contributed by atoms with Gasteiger partial charge in [-0.05, 0) is 39.5 Å². The zero-order valence-electron chi connectivity index (χ0n) is 15.6. The molecule has 8 heteroatoms. The van der Waals surface area contributed by atoms with Crippen molar-refractivity contribution in [1.82, 2.24) is 0 Å². The van der Waals surface area contributed by atoms with Crippen molar-refractivity contribution in [2.45, 2.75) is 76.8 Å². The van der Waals surface area contributed by atoms with E-state index in [4.69, 9.17) is 30.6 Å². The third-order valence-electron chi connectivity index (χ3n) is 3.54. The van der Waals surface area contributed by atoms with Crippen LogP contribution in [-0.4, -0.2) is 54.2 Å². The zero-order valence-corrected chi connectivity index (χ0v) is 15.6. The van der Waals surface area contributed by atoms with Crippen molar-refractivity contribution in [1.29, 1.82) is 0 Å². The summed E-state index contributed by atoms with van der Waals surface area (Å²) in [5.41, 5.74) is 0.352. The number of hydrogen-bond donors (Lipinski definition) is 6. The number of aliphatic carboxylic acids is 2. The molecule has 2 saturated carbocycles. The van der Waals surface area contributed by atoms with Gasteiger partial charge < -0.3 is 30.6 Å². The van der Waals surface area contributed by atoms with Gasteiger partial charge in [0.05, 0.1) is 0 Å². The number of rotatable bonds is 2. The van der Waals surface area contributed by atoms with E-state index in [2.05, 4.69) is 13.2 Å². The molecule has 0 heterocycles. The third-order valence-corrected chi connectivity index (χ3v) is 3.54. The van der Waals surface area contributed by atoms with E-state index in [1.165, 1.54) is 13.8 Å². The maximum atomic E-state index is 9.60. The van der Waals surface area contributed by atoms with Crippen molar-refractivity contribution in [3.8, 4) is 0 Å². The van der Waals surface area contributed by atoms with Gasteiger partial charge in [-0.25, -0.2) is 9.59 Å². The molecule has 0 aliphatic heterocycles. The monoisotopic (exact) mass is 376 g/mol. The van der Waals surface area contributed by atoms with Crippen LogP contribution in [0.5, 0.6) is 0 Å². The maximum absolute atomic E-state index is 9.60. The lowest BCUT2D eigenvalue weighted by Crippen LogP contribution is -2.21. The molecule has 0 saturated heterocycles. The SMILES string of the molecule is C=C(C)C(=O)O.C=C(C)C(=O)O.OC1(O)CCCC1.OC1(O)CCCC1. The Morgan fingerprint density at radius 2 is 0.808 bits per heavy atom. The Balaban J connectivity index is 0. The Hall–Kier alpha value is -1.74. The van der Waals surface area contributed by atoms with Gasteiger partial charge in [0.1, 0.15) is 0 Å². The molecule has 0 aromatic heterocycles. The van der Waals surface area contributed by atoms with Crippen LogP contribution in [0.2, 0.25) is 0 Å². The van der Waals surface area contributed by atoms with Gasteiger partial charge in [-0.1, -0.05) is 13.2 Å². The van der Waals surface area contributed by atoms with Gasteiger partial charge in [0.2, 0.25) is 0 Å². The minimum atomic E-state index is -1.31. The van der Waals surface area contributed by atoms with Crippen molar-refractivity contribution in [3.63, 3.8) is 0 Å². The molecular weight excluding hydrogens is 344 g/mol. The first-order chi connectivity index (χ1) is 11.7. The fourth-order valence-electron chi connectivity index (χ4n) is 1.88. The average molecular weight is 376 g/mol. The molecule has 0 spiro atoms. The van der Waals surface area contributed by atoms with E-state index < -0.39 is 23.5 Å². The van der Waals surface area contributed by atoms with Crippen LogP contribution in [0, 0.1) is 0 Å². The average Bonchev–Trinajstić information content (AvgIpc) is 3.08. The predicted molar refractivity (Wildman–Crippen MR) is 96.2 cm³/mol. The molecule has 0 amide bonds. The first-order valence-corrected chi connectivity index (χ1v) is 8.37. The zero-order chi connectivity index (χ0) is 21.0. The molecule has 0 bridgehead atoms. The lowest BCUT2D eigenvalue weighted by atomic mass is 10.2. The maximum Gasteiger partial charge on any atom is 0.330 e. The van der Waals surface area contributed by atoms with Gasteiger partial charge in [-0.3, -0.25) is 0 Å². The van der Waals surface area contributed by atoms with Crippen LogP contribution < -0.4 is 0 Å². The molecular formula is C18H32O8. The van der Waals surface area contributed by atoms with Crippen LogP contribution in [0.25, 0.3) is 0 Å². The fourth-order valence-corrected chi connectivity index (χ4v) is 1.88. The summed E-state index contributed by atoms with van der Waals surface area (Å²) in [6.45, 7) is 9.20. The molecule has 2 fully saturated rings. The van der Waals surface area contributed by atoms with E-state index >= 15 is 0 Å². The molecule has 26 heavy (non-hydrogen) atoms. The van der Waals surface area contributed by atoms with Crippen LogP contribution in [0.3, 0.4) is 0 Å². The van der Waals surface area contributed by atoms with Crippen molar-refractivity contribution in [2.24, 2.45) is 0 Å². The van der Waals surface area contributed by atoms with Crippen molar-refractivity contribution in [2.75, 3.05) is 0 Å². The second-order valence-electron chi connectivity index (χ2n) is 6.55. The largest absolute Gasteiger partial charge is 0.478 e. The highest BCUT2D eigenvalue weighted by molar-refractivity contribution is 5.85. The van der Waals surface area contributed by atoms with E-state index in [-0.39, 0.29) is 11.1 Å². The predicted octanol–water partition coefficient (Wildman–Crippen LogP) is 1.78. The normalized spacial score (nSPS) is 18.7. The van der Waals surface area contributed by atoms with Gasteiger partial charge >= 0.3 is 11.9 Å². The second-order valence-corrected chi connectivity index (χ2v) is 6.55. The van der Waals surface area contributed by atoms with Crippen molar-refractivity contribution >= 4 is 11.9 Å². The van der Waals surface area contributed by atoms with E-state index in [1.54, 1.807) is 0 Å². The van der Waals surface area contributed by atoms with Gasteiger partial charge in [-0.2, -0.15) is 0 Å². The Bertz CT molecular complexity index is 396. The van der Waals surface area contributed by atoms with Crippen LogP contribution in [0.1, 0.15) is 65.2 Å². The van der Waals surface area contributed by atoms with Gasteiger partial charge in [0.25, 0.3) is 0 Å². The highest BCUT2D eigenvalue weighted by Crippen LogP contribution is 2.26. The number of hydrogen-bond acceptors (Lipinski definition) is 6.